The van der Waals surface area contributed by atoms with Gasteiger partial charge in [-0.15, -0.1) is 0 Å². The zero-order chi connectivity index (χ0) is 18.4. The Morgan fingerprint density at radius 1 is 1.12 bits per heavy atom. The minimum Gasteiger partial charge on any atom is -0.481 e. The van der Waals surface area contributed by atoms with Gasteiger partial charge in [-0.25, -0.2) is 8.78 Å². The normalized spacial score (nSPS) is 20.1. The molecule has 1 amide bonds. The molecule has 3 rings (SSSR count). The molecule has 0 bridgehead atoms. The average molecular weight is 366 g/mol. The molecule has 1 aromatic carbocycles. The Labute approximate surface area is 153 Å². The number of piperidine rings is 1. The summed E-state index contributed by atoms with van der Waals surface area (Å²) in [5, 5.41) is 2.96. The second-order valence-electron chi connectivity index (χ2n) is 7.51. The third-order valence-electron chi connectivity index (χ3n) is 5.45. The van der Waals surface area contributed by atoms with Gasteiger partial charge >= 0.3 is 0 Å². The first-order valence-corrected chi connectivity index (χ1v) is 9.70. The van der Waals surface area contributed by atoms with Crippen LogP contribution in [0.25, 0.3) is 0 Å². The SMILES string of the molecule is O=C(COc1ccc(F)cc1F)NC1CCN(CC2CCCCC2)CC1. The Morgan fingerprint density at radius 2 is 1.85 bits per heavy atom. The summed E-state index contributed by atoms with van der Waals surface area (Å²) >= 11 is 0. The molecule has 0 unspecified atom stereocenters. The van der Waals surface area contributed by atoms with Gasteiger partial charge in [0.2, 0.25) is 0 Å². The van der Waals surface area contributed by atoms with Crippen LogP contribution in [0.3, 0.4) is 0 Å². The van der Waals surface area contributed by atoms with E-state index in [1.165, 1.54) is 44.7 Å². The van der Waals surface area contributed by atoms with E-state index in [1.807, 2.05) is 0 Å². The van der Waals surface area contributed by atoms with Gasteiger partial charge in [-0.2, -0.15) is 0 Å². The van der Waals surface area contributed by atoms with Crippen LogP contribution in [0.1, 0.15) is 44.9 Å². The lowest BCUT2D eigenvalue weighted by atomic mass is 9.88. The molecule has 144 valence electrons. The summed E-state index contributed by atoms with van der Waals surface area (Å²) < 4.78 is 31.5. The number of carbonyl (C=O) groups is 1. The maximum atomic E-state index is 13.5. The predicted octanol–water partition coefficient (Wildman–Crippen LogP) is 3.50. The third-order valence-corrected chi connectivity index (χ3v) is 5.45. The van der Waals surface area contributed by atoms with E-state index in [-0.39, 0.29) is 24.3 Å². The van der Waals surface area contributed by atoms with E-state index >= 15 is 0 Å². The van der Waals surface area contributed by atoms with Crippen LogP contribution in [-0.2, 0) is 4.79 Å². The highest BCUT2D eigenvalue weighted by Gasteiger charge is 2.23. The van der Waals surface area contributed by atoms with Gasteiger partial charge in [-0.1, -0.05) is 19.3 Å². The summed E-state index contributed by atoms with van der Waals surface area (Å²) in [6.07, 6.45) is 8.70. The molecule has 1 aromatic rings. The third kappa shape index (κ3) is 5.66. The Kier molecular flexibility index (Phi) is 6.83. The minimum atomic E-state index is -0.797. The van der Waals surface area contributed by atoms with Crippen LogP contribution in [0.5, 0.6) is 5.75 Å². The number of nitrogens with one attached hydrogen (secondary N) is 1. The molecule has 1 saturated carbocycles. The summed E-state index contributed by atoms with van der Waals surface area (Å²) in [6.45, 7) is 2.95. The van der Waals surface area contributed by atoms with Crippen molar-refractivity contribution >= 4 is 5.91 Å². The summed E-state index contributed by atoms with van der Waals surface area (Å²) in [6, 6.07) is 3.20. The number of carbonyl (C=O) groups excluding carboxylic acids is 1. The van der Waals surface area contributed by atoms with Crippen LogP contribution in [0.2, 0.25) is 0 Å². The van der Waals surface area contributed by atoms with Crippen molar-refractivity contribution in [2.24, 2.45) is 5.92 Å². The van der Waals surface area contributed by atoms with E-state index in [4.69, 9.17) is 4.74 Å². The Balaban J connectivity index is 1.35. The Bertz CT molecular complexity index is 597. The van der Waals surface area contributed by atoms with Crippen LogP contribution in [0.4, 0.5) is 8.78 Å². The van der Waals surface area contributed by atoms with E-state index in [0.717, 1.165) is 44.0 Å². The van der Waals surface area contributed by atoms with Gasteiger partial charge in [0.25, 0.3) is 5.91 Å². The van der Waals surface area contributed by atoms with Gasteiger partial charge in [-0.05, 0) is 43.7 Å². The molecule has 0 atom stereocenters. The van der Waals surface area contributed by atoms with Crippen molar-refractivity contribution in [3.05, 3.63) is 29.8 Å². The molecule has 1 heterocycles. The van der Waals surface area contributed by atoms with Crippen LogP contribution in [0.15, 0.2) is 18.2 Å². The van der Waals surface area contributed by atoms with E-state index < -0.39 is 11.6 Å². The predicted molar refractivity (Wildman–Crippen MR) is 96.0 cm³/mol. The lowest BCUT2D eigenvalue weighted by molar-refractivity contribution is -0.124. The molecule has 2 fully saturated rings. The number of hydrogen-bond donors (Lipinski definition) is 1. The quantitative estimate of drug-likeness (QED) is 0.838. The van der Waals surface area contributed by atoms with Crippen LogP contribution >= 0.6 is 0 Å². The highest BCUT2D eigenvalue weighted by atomic mass is 19.1. The maximum Gasteiger partial charge on any atom is 0.258 e. The Morgan fingerprint density at radius 3 is 2.54 bits per heavy atom. The van der Waals surface area contributed by atoms with Crippen molar-refractivity contribution in [2.75, 3.05) is 26.2 Å². The molecule has 1 N–H and O–H groups in total. The molecule has 1 aliphatic heterocycles. The molecule has 26 heavy (non-hydrogen) atoms. The van der Waals surface area contributed by atoms with E-state index in [1.54, 1.807) is 0 Å². The molecule has 0 aromatic heterocycles. The molecular formula is C20H28F2N2O2. The monoisotopic (exact) mass is 366 g/mol. The van der Waals surface area contributed by atoms with Gasteiger partial charge in [0.15, 0.2) is 18.2 Å². The fraction of sp³-hybridized carbons (Fsp3) is 0.650. The average Bonchev–Trinajstić information content (AvgIpc) is 2.63. The summed E-state index contributed by atoms with van der Waals surface area (Å²) in [5.74, 6) is -0.995. The molecule has 1 aliphatic carbocycles. The first-order valence-electron chi connectivity index (χ1n) is 9.70. The smallest absolute Gasteiger partial charge is 0.258 e. The second-order valence-corrected chi connectivity index (χ2v) is 7.51. The highest BCUT2D eigenvalue weighted by Crippen LogP contribution is 2.25. The molecule has 0 radical (unpaired) electrons. The van der Waals surface area contributed by atoms with E-state index in [9.17, 15) is 13.6 Å². The van der Waals surface area contributed by atoms with Gasteiger partial charge in [0, 0.05) is 31.7 Å². The number of halogens is 2. The molecular weight excluding hydrogens is 338 g/mol. The summed E-state index contributed by atoms with van der Waals surface area (Å²) in [7, 11) is 0. The number of nitrogens with zero attached hydrogens (tertiary/aromatic N) is 1. The molecule has 6 heteroatoms. The van der Waals surface area contributed by atoms with Gasteiger partial charge in [0.05, 0.1) is 0 Å². The lowest BCUT2D eigenvalue weighted by Gasteiger charge is -2.35. The van der Waals surface area contributed by atoms with Crippen molar-refractivity contribution < 1.29 is 18.3 Å². The zero-order valence-electron chi connectivity index (χ0n) is 15.2. The van der Waals surface area contributed by atoms with Crippen molar-refractivity contribution in [1.29, 1.82) is 0 Å². The molecule has 0 spiro atoms. The van der Waals surface area contributed by atoms with Crippen molar-refractivity contribution in [3.8, 4) is 5.75 Å². The highest BCUT2D eigenvalue weighted by molar-refractivity contribution is 5.77. The second kappa shape index (κ2) is 9.31. The first kappa shape index (κ1) is 19.1. The molecule has 2 aliphatic rings. The van der Waals surface area contributed by atoms with Crippen LogP contribution in [-0.4, -0.2) is 43.1 Å². The summed E-state index contributed by atoms with van der Waals surface area (Å²) in [4.78, 5) is 14.5. The minimum absolute atomic E-state index is 0.108. The Hall–Kier alpha value is -1.69. The largest absolute Gasteiger partial charge is 0.481 e. The molecule has 1 saturated heterocycles. The van der Waals surface area contributed by atoms with E-state index in [2.05, 4.69) is 10.2 Å². The number of rotatable bonds is 6. The summed E-state index contributed by atoms with van der Waals surface area (Å²) in [5.41, 5.74) is 0. The van der Waals surface area contributed by atoms with Gasteiger partial charge in [0.1, 0.15) is 5.82 Å². The van der Waals surface area contributed by atoms with Crippen molar-refractivity contribution in [3.63, 3.8) is 0 Å². The van der Waals surface area contributed by atoms with Gasteiger partial charge < -0.3 is 15.0 Å². The number of hydrogen-bond acceptors (Lipinski definition) is 3. The van der Waals surface area contributed by atoms with Crippen molar-refractivity contribution in [2.45, 2.75) is 51.0 Å². The number of likely N-dealkylation sites (tertiary alicyclic amines) is 1. The van der Waals surface area contributed by atoms with Crippen molar-refractivity contribution in [1.82, 2.24) is 10.2 Å². The maximum absolute atomic E-state index is 13.5. The number of amides is 1. The lowest BCUT2D eigenvalue weighted by Crippen LogP contribution is -2.47. The number of ether oxygens (including phenoxy) is 1. The standard InChI is InChI=1S/C20H28F2N2O2/c21-16-6-7-19(18(22)12-16)26-14-20(25)23-17-8-10-24(11-9-17)13-15-4-2-1-3-5-15/h6-7,12,15,17H,1-5,8-11,13-14H2,(H,23,25). The van der Waals surface area contributed by atoms with Gasteiger partial charge in [-0.3, -0.25) is 4.79 Å². The van der Waals surface area contributed by atoms with Crippen LogP contribution < -0.4 is 10.1 Å². The fourth-order valence-electron chi connectivity index (χ4n) is 4.00. The molecule has 4 nitrogen and oxygen atoms in total. The zero-order valence-corrected chi connectivity index (χ0v) is 15.2. The topological polar surface area (TPSA) is 41.6 Å². The number of benzene rings is 1. The first-order chi connectivity index (χ1) is 12.6. The van der Waals surface area contributed by atoms with Crippen LogP contribution in [0, 0.1) is 17.6 Å². The van der Waals surface area contributed by atoms with E-state index in [0.29, 0.717) is 0 Å². The fourth-order valence-corrected chi connectivity index (χ4v) is 4.00.